The molecule has 0 aliphatic heterocycles. The Bertz CT molecular complexity index is 426. The number of carbonyl (C=O) groups excluding carboxylic acids is 1. The van der Waals surface area contributed by atoms with Crippen molar-refractivity contribution in [3.05, 3.63) is 35.4 Å². The van der Waals surface area contributed by atoms with Crippen molar-refractivity contribution < 1.29 is 9.69 Å². The van der Waals surface area contributed by atoms with E-state index in [1.807, 2.05) is 6.92 Å². The van der Waals surface area contributed by atoms with Gasteiger partial charge in [-0.25, -0.2) is 0 Å². The predicted octanol–water partition coefficient (Wildman–Crippen LogP) is 0.677. The number of benzene rings is 1. The van der Waals surface area contributed by atoms with Crippen LogP contribution in [0.2, 0.25) is 0 Å². The molecule has 1 fully saturated rings. The zero-order valence-corrected chi connectivity index (χ0v) is 11.5. The average Bonchev–Trinajstić information content (AvgIpc) is 3.15. The van der Waals surface area contributed by atoms with Crippen LogP contribution in [0.3, 0.4) is 0 Å². The Balaban J connectivity index is 1.92. The standard InChI is InChI=1S/C15H22N2O/c1-11-6-4-5-7-13(11)10-17(3)12(2)15(18)16-14-8-9-14/h4-7,12,14H,8-10H2,1-3H3,(H,16,18)/p+1/t12-/m0/s1. The van der Waals surface area contributed by atoms with E-state index in [1.54, 1.807) is 0 Å². The molecule has 1 unspecified atom stereocenters. The number of carbonyl (C=O) groups is 1. The minimum absolute atomic E-state index is 0.00482. The maximum atomic E-state index is 12.0. The summed E-state index contributed by atoms with van der Waals surface area (Å²) in [5, 5.41) is 3.08. The second-order valence-electron chi connectivity index (χ2n) is 5.45. The molecule has 1 aliphatic rings. The highest BCUT2D eigenvalue weighted by Crippen LogP contribution is 2.18. The van der Waals surface area contributed by atoms with Crippen molar-refractivity contribution in [2.24, 2.45) is 0 Å². The number of amides is 1. The molecule has 0 bridgehead atoms. The molecular formula is C15H23N2O+. The lowest BCUT2D eigenvalue weighted by Gasteiger charge is -2.21. The van der Waals surface area contributed by atoms with Crippen LogP contribution in [0.5, 0.6) is 0 Å². The van der Waals surface area contributed by atoms with Gasteiger partial charge in [0, 0.05) is 11.6 Å². The topological polar surface area (TPSA) is 33.5 Å². The average molecular weight is 247 g/mol. The fourth-order valence-corrected chi connectivity index (χ4v) is 2.04. The van der Waals surface area contributed by atoms with Crippen molar-refractivity contribution in [2.75, 3.05) is 7.05 Å². The molecule has 2 rings (SSSR count). The zero-order chi connectivity index (χ0) is 13.1. The number of nitrogens with one attached hydrogen (secondary N) is 2. The number of hydrogen-bond acceptors (Lipinski definition) is 1. The SMILES string of the molecule is Cc1ccccc1C[NH+](C)[C@@H](C)C(=O)NC1CC1. The fraction of sp³-hybridized carbons (Fsp3) is 0.533. The summed E-state index contributed by atoms with van der Waals surface area (Å²) in [5.41, 5.74) is 2.62. The molecule has 1 aromatic carbocycles. The van der Waals surface area contributed by atoms with Crippen LogP contribution >= 0.6 is 0 Å². The van der Waals surface area contributed by atoms with Crippen molar-refractivity contribution in [2.45, 2.75) is 45.3 Å². The highest BCUT2D eigenvalue weighted by Gasteiger charge is 2.29. The third-order valence-electron chi connectivity index (χ3n) is 3.79. The van der Waals surface area contributed by atoms with Crippen LogP contribution in [-0.4, -0.2) is 25.0 Å². The van der Waals surface area contributed by atoms with Crippen LogP contribution in [0.15, 0.2) is 24.3 Å². The lowest BCUT2D eigenvalue weighted by Crippen LogP contribution is -3.12. The first-order chi connectivity index (χ1) is 8.58. The van der Waals surface area contributed by atoms with Crippen molar-refractivity contribution in [1.29, 1.82) is 0 Å². The predicted molar refractivity (Wildman–Crippen MR) is 72.4 cm³/mol. The summed E-state index contributed by atoms with van der Waals surface area (Å²) in [7, 11) is 2.09. The Morgan fingerprint density at radius 2 is 2.11 bits per heavy atom. The summed E-state index contributed by atoms with van der Waals surface area (Å²) >= 11 is 0. The van der Waals surface area contributed by atoms with Crippen LogP contribution in [0.1, 0.15) is 30.9 Å². The van der Waals surface area contributed by atoms with Gasteiger partial charge in [-0.1, -0.05) is 24.3 Å². The number of hydrogen-bond donors (Lipinski definition) is 2. The van der Waals surface area contributed by atoms with E-state index >= 15 is 0 Å². The maximum absolute atomic E-state index is 12.0. The number of aryl methyl sites for hydroxylation is 1. The summed E-state index contributed by atoms with van der Waals surface area (Å²) in [6.45, 7) is 5.02. The second-order valence-corrected chi connectivity index (χ2v) is 5.45. The molecule has 3 nitrogen and oxygen atoms in total. The molecule has 1 aromatic rings. The number of likely N-dealkylation sites (N-methyl/N-ethyl adjacent to an activating group) is 1. The van der Waals surface area contributed by atoms with E-state index < -0.39 is 0 Å². The van der Waals surface area contributed by atoms with Gasteiger partial charge in [-0.3, -0.25) is 4.79 Å². The quantitative estimate of drug-likeness (QED) is 0.788. The van der Waals surface area contributed by atoms with Crippen LogP contribution in [0.4, 0.5) is 0 Å². The van der Waals surface area contributed by atoms with E-state index in [4.69, 9.17) is 0 Å². The molecular weight excluding hydrogens is 224 g/mol. The van der Waals surface area contributed by atoms with Gasteiger partial charge in [0.15, 0.2) is 6.04 Å². The Hall–Kier alpha value is -1.35. The first-order valence-electron chi connectivity index (χ1n) is 6.75. The van der Waals surface area contributed by atoms with Crippen LogP contribution in [0.25, 0.3) is 0 Å². The molecule has 98 valence electrons. The minimum Gasteiger partial charge on any atom is -0.348 e. The summed E-state index contributed by atoms with van der Waals surface area (Å²) in [6, 6.07) is 8.83. The number of quaternary nitrogens is 1. The van der Waals surface area contributed by atoms with Crippen molar-refractivity contribution >= 4 is 5.91 Å². The van der Waals surface area contributed by atoms with Crippen LogP contribution in [-0.2, 0) is 11.3 Å². The molecule has 1 saturated carbocycles. The van der Waals surface area contributed by atoms with Crippen LogP contribution < -0.4 is 10.2 Å². The van der Waals surface area contributed by atoms with Gasteiger partial charge >= 0.3 is 0 Å². The molecule has 0 heterocycles. The lowest BCUT2D eigenvalue weighted by molar-refractivity contribution is -0.908. The molecule has 0 spiro atoms. The summed E-state index contributed by atoms with van der Waals surface area (Å²) in [4.78, 5) is 13.2. The summed E-state index contributed by atoms with van der Waals surface area (Å²) in [5.74, 6) is 0.184. The maximum Gasteiger partial charge on any atom is 0.278 e. The molecule has 1 amide bonds. The van der Waals surface area contributed by atoms with E-state index in [1.165, 1.54) is 16.0 Å². The van der Waals surface area contributed by atoms with E-state index in [9.17, 15) is 4.79 Å². The molecule has 0 radical (unpaired) electrons. The highest BCUT2D eigenvalue weighted by atomic mass is 16.2. The Morgan fingerprint density at radius 1 is 1.44 bits per heavy atom. The second kappa shape index (κ2) is 5.53. The minimum atomic E-state index is 0.00482. The molecule has 0 saturated heterocycles. The Kier molecular flexibility index (Phi) is 4.02. The lowest BCUT2D eigenvalue weighted by atomic mass is 10.1. The van der Waals surface area contributed by atoms with E-state index in [-0.39, 0.29) is 11.9 Å². The van der Waals surface area contributed by atoms with E-state index in [0.29, 0.717) is 6.04 Å². The molecule has 18 heavy (non-hydrogen) atoms. The van der Waals surface area contributed by atoms with Gasteiger partial charge in [-0.2, -0.15) is 0 Å². The van der Waals surface area contributed by atoms with Gasteiger partial charge < -0.3 is 10.2 Å². The van der Waals surface area contributed by atoms with Gasteiger partial charge in [0.1, 0.15) is 6.54 Å². The zero-order valence-electron chi connectivity index (χ0n) is 11.5. The summed E-state index contributed by atoms with van der Waals surface area (Å²) < 4.78 is 0. The number of rotatable bonds is 5. The molecule has 1 aliphatic carbocycles. The monoisotopic (exact) mass is 247 g/mol. The first kappa shape index (κ1) is 13.1. The third-order valence-corrected chi connectivity index (χ3v) is 3.79. The van der Waals surface area contributed by atoms with Gasteiger partial charge in [0.2, 0.25) is 0 Å². The summed E-state index contributed by atoms with van der Waals surface area (Å²) in [6.07, 6.45) is 2.30. The Morgan fingerprint density at radius 3 is 2.72 bits per heavy atom. The van der Waals surface area contributed by atoms with Crippen molar-refractivity contribution in [1.82, 2.24) is 5.32 Å². The highest BCUT2D eigenvalue weighted by molar-refractivity contribution is 5.80. The Labute approximate surface area is 109 Å². The van der Waals surface area contributed by atoms with Crippen molar-refractivity contribution in [3.8, 4) is 0 Å². The molecule has 0 aromatic heterocycles. The molecule has 2 atom stereocenters. The third kappa shape index (κ3) is 3.33. The van der Waals surface area contributed by atoms with Crippen molar-refractivity contribution in [3.63, 3.8) is 0 Å². The van der Waals surface area contributed by atoms with Gasteiger partial charge in [0.25, 0.3) is 5.91 Å². The van der Waals surface area contributed by atoms with Gasteiger partial charge in [-0.15, -0.1) is 0 Å². The first-order valence-corrected chi connectivity index (χ1v) is 6.75. The van der Waals surface area contributed by atoms with Gasteiger partial charge in [-0.05, 0) is 32.3 Å². The van der Waals surface area contributed by atoms with Crippen LogP contribution in [0, 0.1) is 6.92 Å². The fourth-order valence-electron chi connectivity index (χ4n) is 2.04. The smallest absolute Gasteiger partial charge is 0.278 e. The molecule has 3 heteroatoms. The molecule has 2 N–H and O–H groups in total. The van der Waals surface area contributed by atoms with Gasteiger partial charge in [0.05, 0.1) is 7.05 Å². The van der Waals surface area contributed by atoms with E-state index in [2.05, 4.69) is 43.6 Å². The normalized spacial score (nSPS) is 18.2. The van der Waals surface area contributed by atoms with E-state index in [0.717, 1.165) is 19.4 Å². The largest absolute Gasteiger partial charge is 0.348 e.